The molecule has 0 saturated carbocycles. The SMILES string of the molecule is COc1ccc(/C(O)=C2\C(=O)C(=O)N(c3ccccc3C)C2c2ccccc2F)c(C)c1. The van der Waals surface area contributed by atoms with Gasteiger partial charge in [0.15, 0.2) is 0 Å². The molecular weight excluding hydrogens is 409 g/mol. The van der Waals surface area contributed by atoms with Crippen molar-refractivity contribution >= 4 is 23.1 Å². The Morgan fingerprint density at radius 1 is 0.969 bits per heavy atom. The van der Waals surface area contributed by atoms with Crippen LogP contribution in [0.4, 0.5) is 10.1 Å². The van der Waals surface area contributed by atoms with Crippen LogP contribution in [0.25, 0.3) is 5.76 Å². The highest BCUT2D eigenvalue weighted by Crippen LogP contribution is 2.44. The van der Waals surface area contributed by atoms with Crippen molar-refractivity contribution in [3.63, 3.8) is 0 Å². The number of carbonyl (C=O) groups is 2. The van der Waals surface area contributed by atoms with Gasteiger partial charge in [-0.15, -0.1) is 0 Å². The van der Waals surface area contributed by atoms with Crippen molar-refractivity contribution < 1.29 is 23.8 Å². The predicted molar refractivity (Wildman–Crippen MR) is 120 cm³/mol. The highest BCUT2D eigenvalue weighted by molar-refractivity contribution is 6.51. The van der Waals surface area contributed by atoms with Crippen molar-refractivity contribution in [3.8, 4) is 5.75 Å². The number of anilines is 1. The number of benzene rings is 3. The summed E-state index contributed by atoms with van der Waals surface area (Å²) in [5, 5.41) is 11.2. The zero-order chi connectivity index (χ0) is 23.0. The lowest BCUT2D eigenvalue weighted by molar-refractivity contribution is -0.132. The first-order chi connectivity index (χ1) is 15.3. The average molecular weight is 431 g/mol. The molecule has 3 aromatic carbocycles. The van der Waals surface area contributed by atoms with Crippen LogP contribution in [0.2, 0.25) is 0 Å². The molecule has 0 spiro atoms. The topological polar surface area (TPSA) is 66.8 Å². The lowest BCUT2D eigenvalue weighted by Gasteiger charge is -2.27. The maximum Gasteiger partial charge on any atom is 0.300 e. The number of aryl methyl sites for hydroxylation is 2. The number of hydrogen-bond donors (Lipinski definition) is 1. The van der Waals surface area contributed by atoms with E-state index in [0.29, 0.717) is 22.6 Å². The van der Waals surface area contributed by atoms with Crippen molar-refractivity contribution in [2.45, 2.75) is 19.9 Å². The van der Waals surface area contributed by atoms with Crippen LogP contribution < -0.4 is 9.64 Å². The number of rotatable bonds is 4. The summed E-state index contributed by atoms with van der Waals surface area (Å²) in [5.74, 6) is -2.03. The molecule has 4 rings (SSSR count). The number of aliphatic hydroxyl groups is 1. The van der Waals surface area contributed by atoms with Crippen LogP contribution in [0.3, 0.4) is 0 Å². The number of para-hydroxylation sites is 1. The molecule has 32 heavy (non-hydrogen) atoms. The van der Waals surface area contributed by atoms with Crippen LogP contribution in [-0.4, -0.2) is 23.9 Å². The predicted octanol–water partition coefficient (Wildman–Crippen LogP) is 5.08. The maximum absolute atomic E-state index is 14.9. The molecule has 1 saturated heterocycles. The minimum atomic E-state index is -1.11. The van der Waals surface area contributed by atoms with Crippen molar-refractivity contribution in [2.75, 3.05) is 12.0 Å². The van der Waals surface area contributed by atoms with Crippen LogP contribution in [0, 0.1) is 19.7 Å². The quantitative estimate of drug-likeness (QED) is 0.356. The molecule has 5 nitrogen and oxygen atoms in total. The number of ketones is 1. The van der Waals surface area contributed by atoms with Crippen LogP contribution in [0.5, 0.6) is 5.75 Å². The third-order valence-corrected chi connectivity index (χ3v) is 5.71. The van der Waals surface area contributed by atoms with Crippen LogP contribution >= 0.6 is 0 Å². The molecule has 1 fully saturated rings. The number of amides is 1. The van der Waals surface area contributed by atoms with Crippen LogP contribution in [0.15, 0.2) is 72.3 Å². The number of methoxy groups -OCH3 is 1. The van der Waals surface area contributed by atoms with Gasteiger partial charge in [0.25, 0.3) is 11.7 Å². The molecule has 0 radical (unpaired) electrons. The molecule has 0 aliphatic carbocycles. The second kappa shape index (κ2) is 8.30. The molecule has 1 amide bonds. The number of hydrogen-bond acceptors (Lipinski definition) is 4. The van der Waals surface area contributed by atoms with E-state index in [1.54, 1.807) is 56.3 Å². The number of carbonyl (C=O) groups excluding carboxylic acids is 2. The lowest BCUT2D eigenvalue weighted by Crippen LogP contribution is -2.30. The molecule has 0 bridgehead atoms. The van der Waals surface area contributed by atoms with E-state index in [9.17, 15) is 19.1 Å². The van der Waals surface area contributed by atoms with E-state index in [0.717, 1.165) is 5.56 Å². The molecule has 0 aromatic heterocycles. The lowest BCUT2D eigenvalue weighted by atomic mass is 9.93. The van der Waals surface area contributed by atoms with Crippen molar-refractivity contribution in [2.24, 2.45) is 0 Å². The molecule has 1 heterocycles. The third kappa shape index (κ3) is 3.43. The second-order valence-electron chi connectivity index (χ2n) is 7.66. The van der Waals surface area contributed by atoms with Gasteiger partial charge in [0.1, 0.15) is 17.3 Å². The van der Waals surface area contributed by atoms with Crippen LogP contribution in [-0.2, 0) is 9.59 Å². The Morgan fingerprint density at radius 2 is 1.66 bits per heavy atom. The number of halogens is 1. The van der Waals surface area contributed by atoms with Crippen molar-refractivity contribution in [1.29, 1.82) is 0 Å². The zero-order valence-electron chi connectivity index (χ0n) is 17.9. The zero-order valence-corrected chi connectivity index (χ0v) is 17.9. The number of aliphatic hydroxyl groups excluding tert-OH is 1. The van der Waals surface area contributed by atoms with Gasteiger partial charge in [0.05, 0.1) is 18.7 Å². The fourth-order valence-electron chi connectivity index (χ4n) is 4.08. The van der Waals surface area contributed by atoms with E-state index in [1.165, 1.54) is 30.2 Å². The Bertz CT molecular complexity index is 1260. The molecule has 1 N–H and O–H groups in total. The molecular formula is C26H22FNO4. The summed E-state index contributed by atoms with van der Waals surface area (Å²) in [6.45, 7) is 3.56. The summed E-state index contributed by atoms with van der Waals surface area (Å²) in [6, 6.07) is 16.9. The molecule has 1 unspecified atom stereocenters. The first kappa shape index (κ1) is 21.3. The second-order valence-corrected chi connectivity index (χ2v) is 7.66. The standard InChI is InChI=1S/C26H22FNO4/c1-15-8-4-7-11-21(15)28-23(19-9-5-6-10-20(19)27)22(25(30)26(28)31)24(29)18-13-12-17(32-3)14-16(18)2/h4-14,23,29H,1-3H3/b24-22+. The van der Waals surface area contributed by atoms with Gasteiger partial charge < -0.3 is 9.84 Å². The van der Waals surface area contributed by atoms with Crippen LogP contribution in [0.1, 0.15) is 28.3 Å². The molecule has 1 aliphatic rings. The highest BCUT2D eigenvalue weighted by atomic mass is 19.1. The van der Waals surface area contributed by atoms with E-state index in [-0.39, 0.29) is 16.9 Å². The third-order valence-electron chi connectivity index (χ3n) is 5.71. The molecule has 1 atom stereocenters. The van der Waals surface area contributed by atoms with Gasteiger partial charge in [0, 0.05) is 16.8 Å². The average Bonchev–Trinajstić information content (AvgIpc) is 3.04. The highest BCUT2D eigenvalue weighted by Gasteiger charge is 2.48. The monoisotopic (exact) mass is 431 g/mol. The summed E-state index contributed by atoms with van der Waals surface area (Å²) in [7, 11) is 1.53. The van der Waals surface area contributed by atoms with Crippen molar-refractivity contribution in [3.05, 3.63) is 100 Å². The van der Waals surface area contributed by atoms with E-state index in [2.05, 4.69) is 0 Å². The number of Topliss-reactive ketones (excluding diaryl/α,β-unsaturated/α-hetero) is 1. The molecule has 6 heteroatoms. The minimum absolute atomic E-state index is 0.127. The Morgan fingerprint density at radius 3 is 2.31 bits per heavy atom. The smallest absolute Gasteiger partial charge is 0.300 e. The van der Waals surface area contributed by atoms with Gasteiger partial charge in [-0.3, -0.25) is 14.5 Å². The van der Waals surface area contributed by atoms with Gasteiger partial charge in [0.2, 0.25) is 0 Å². The fraction of sp³-hybridized carbons (Fsp3) is 0.154. The minimum Gasteiger partial charge on any atom is -0.507 e. The van der Waals surface area contributed by atoms with Gasteiger partial charge >= 0.3 is 0 Å². The first-order valence-electron chi connectivity index (χ1n) is 10.1. The molecule has 162 valence electrons. The number of ether oxygens (including phenoxy) is 1. The van der Waals surface area contributed by atoms with Gasteiger partial charge in [-0.1, -0.05) is 36.4 Å². The Hall–Kier alpha value is -3.93. The normalized spacial score (nSPS) is 17.6. The Kier molecular flexibility index (Phi) is 5.53. The molecule has 3 aromatic rings. The van der Waals surface area contributed by atoms with Gasteiger partial charge in [-0.05, 0) is 55.3 Å². The fourth-order valence-corrected chi connectivity index (χ4v) is 4.08. The summed E-state index contributed by atoms with van der Waals surface area (Å²) in [4.78, 5) is 27.6. The summed E-state index contributed by atoms with van der Waals surface area (Å²) < 4.78 is 20.1. The summed E-state index contributed by atoms with van der Waals surface area (Å²) in [5.41, 5.74) is 2.22. The van der Waals surface area contributed by atoms with E-state index in [4.69, 9.17) is 4.74 Å². The van der Waals surface area contributed by atoms with E-state index in [1.807, 2.05) is 6.07 Å². The van der Waals surface area contributed by atoms with E-state index < -0.39 is 23.5 Å². The maximum atomic E-state index is 14.9. The first-order valence-corrected chi connectivity index (χ1v) is 10.1. The number of nitrogens with zero attached hydrogens (tertiary/aromatic N) is 1. The summed E-state index contributed by atoms with van der Waals surface area (Å²) in [6.07, 6.45) is 0. The Labute approximate surface area is 185 Å². The molecule has 1 aliphatic heterocycles. The van der Waals surface area contributed by atoms with E-state index >= 15 is 0 Å². The largest absolute Gasteiger partial charge is 0.507 e. The summed E-state index contributed by atoms with van der Waals surface area (Å²) >= 11 is 0. The van der Waals surface area contributed by atoms with Crippen molar-refractivity contribution in [1.82, 2.24) is 0 Å². The van der Waals surface area contributed by atoms with Gasteiger partial charge in [-0.2, -0.15) is 0 Å². The Balaban J connectivity index is 2.00. The van der Waals surface area contributed by atoms with Gasteiger partial charge in [-0.25, -0.2) is 4.39 Å².